The molecule has 0 aliphatic rings. The van der Waals surface area contributed by atoms with Gasteiger partial charge in [0.05, 0.1) is 0 Å². The number of aryl methyl sites for hydroxylation is 1. The van der Waals surface area contributed by atoms with Gasteiger partial charge in [-0.25, -0.2) is 4.79 Å². The van der Waals surface area contributed by atoms with E-state index in [1.54, 1.807) is 32.6 Å². The highest BCUT2D eigenvalue weighted by Crippen LogP contribution is 2.24. The molecule has 3 amide bonds. The van der Waals surface area contributed by atoms with Crippen molar-refractivity contribution in [1.29, 1.82) is 0 Å². The molecule has 0 aliphatic heterocycles. The molecule has 0 radical (unpaired) electrons. The van der Waals surface area contributed by atoms with Crippen LogP contribution in [0.5, 0.6) is 0 Å². The summed E-state index contributed by atoms with van der Waals surface area (Å²) in [6.07, 6.45) is 5.06. The number of ether oxygens (including phenoxy) is 1. The summed E-state index contributed by atoms with van der Waals surface area (Å²) in [6.45, 7) is 14.1. The van der Waals surface area contributed by atoms with Gasteiger partial charge in [-0.3, -0.25) is 9.59 Å². The number of rotatable bonds is 13. The first-order chi connectivity index (χ1) is 16.0. The molecule has 0 aliphatic carbocycles. The molecule has 1 aromatic rings. The zero-order valence-corrected chi connectivity index (χ0v) is 22.2. The van der Waals surface area contributed by atoms with Crippen molar-refractivity contribution in [2.45, 2.75) is 105 Å². The standard InChI is InChI=1S/C27H45N3O4/c1-8-10-12-13-18-30(25(32)21(4)29-26(33)34-27(5,6)7)23(24(31)28-17-11-9-2)22-16-14-15-20(3)19-22/h14-16,19,21,23H,8-13,17-18H2,1-7H3,(H,28,31)(H,29,33). The van der Waals surface area contributed by atoms with E-state index in [1.807, 2.05) is 31.2 Å². The molecule has 0 fully saturated rings. The SMILES string of the molecule is CCCCCCN(C(=O)C(C)NC(=O)OC(C)(C)C)C(C(=O)NCCCC)c1cccc(C)c1. The topological polar surface area (TPSA) is 87.7 Å². The van der Waals surface area contributed by atoms with Crippen LogP contribution in [0.3, 0.4) is 0 Å². The Kier molecular flexibility index (Phi) is 12.7. The molecular weight excluding hydrogens is 430 g/mol. The Labute approximate surface area is 206 Å². The fourth-order valence-electron chi connectivity index (χ4n) is 3.67. The maximum Gasteiger partial charge on any atom is 0.408 e. The number of carbonyl (C=O) groups is 3. The Bertz CT molecular complexity index is 788. The Morgan fingerprint density at radius 2 is 1.71 bits per heavy atom. The zero-order chi connectivity index (χ0) is 25.7. The maximum atomic E-state index is 13.6. The van der Waals surface area contributed by atoms with E-state index in [9.17, 15) is 14.4 Å². The lowest BCUT2D eigenvalue weighted by molar-refractivity contribution is -0.142. The second kappa shape index (κ2) is 14.6. The molecule has 0 heterocycles. The molecule has 0 spiro atoms. The van der Waals surface area contributed by atoms with Gasteiger partial charge in [0.1, 0.15) is 17.7 Å². The smallest absolute Gasteiger partial charge is 0.408 e. The van der Waals surface area contributed by atoms with Crippen molar-refractivity contribution < 1.29 is 19.1 Å². The van der Waals surface area contributed by atoms with E-state index in [4.69, 9.17) is 4.74 Å². The van der Waals surface area contributed by atoms with Crippen LogP contribution in [0.2, 0.25) is 0 Å². The molecule has 0 saturated heterocycles. The number of nitrogens with one attached hydrogen (secondary N) is 2. The van der Waals surface area contributed by atoms with Gasteiger partial charge in [-0.05, 0) is 53.0 Å². The van der Waals surface area contributed by atoms with Crippen LogP contribution in [0.1, 0.15) is 97.2 Å². The summed E-state index contributed by atoms with van der Waals surface area (Å²) in [7, 11) is 0. The molecule has 7 nitrogen and oxygen atoms in total. The van der Waals surface area contributed by atoms with E-state index in [0.717, 1.165) is 49.7 Å². The minimum atomic E-state index is -0.836. The lowest BCUT2D eigenvalue weighted by Crippen LogP contribution is -2.52. The molecule has 192 valence electrons. The first-order valence-corrected chi connectivity index (χ1v) is 12.6. The average molecular weight is 476 g/mol. The van der Waals surface area contributed by atoms with Crippen molar-refractivity contribution in [3.05, 3.63) is 35.4 Å². The van der Waals surface area contributed by atoms with Crippen LogP contribution >= 0.6 is 0 Å². The van der Waals surface area contributed by atoms with Crippen molar-refractivity contribution in [2.24, 2.45) is 0 Å². The van der Waals surface area contributed by atoms with Crippen LogP contribution in [-0.2, 0) is 14.3 Å². The predicted molar refractivity (Wildman–Crippen MR) is 137 cm³/mol. The maximum absolute atomic E-state index is 13.6. The highest BCUT2D eigenvalue weighted by Gasteiger charge is 2.34. The average Bonchev–Trinajstić information content (AvgIpc) is 2.74. The summed E-state index contributed by atoms with van der Waals surface area (Å²) >= 11 is 0. The van der Waals surface area contributed by atoms with Gasteiger partial charge in [0, 0.05) is 13.1 Å². The van der Waals surface area contributed by atoms with Gasteiger partial charge in [0.2, 0.25) is 11.8 Å². The van der Waals surface area contributed by atoms with Gasteiger partial charge in [0.25, 0.3) is 0 Å². The van der Waals surface area contributed by atoms with Gasteiger partial charge >= 0.3 is 6.09 Å². The lowest BCUT2D eigenvalue weighted by Gasteiger charge is -2.34. The molecular formula is C27H45N3O4. The van der Waals surface area contributed by atoms with Gasteiger partial charge in [0.15, 0.2) is 0 Å². The van der Waals surface area contributed by atoms with Crippen LogP contribution in [0, 0.1) is 6.92 Å². The summed E-state index contributed by atoms with van der Waals surface area (Å²) in [6, 6.07) is 6.09. The fraction of sp³-hybridized carbons (Fsp3) is 0.667. The van der Waals surface area contributed by atoms with E-state index in [1.165, 1.54) is 0 Å². The number of carbonyl (C=O) groups excluding carboxylic acids is 3. The number of alkyl carbamates (subject to hydrolysis) is 1. The second-order valence-electron chi connectivity index (χ2n) is 9.92. The third kappa shape index (κ3) is 10.6. The highest BCUT2D eigenvalue weighted by molar-refractivity contribution is 5.92. The number of unbranched alkanes of at least 4 members (excludes halogenated alkanes) is 4. The Morgan fingerprint density at radius 3 is 2.29 bits per heavy atom. The number of amides is 3. The molecule has 7 heteroatoms. The molecule has 0 bridgehead atoms. The van der Waals surface area contributed by atoms with Crippen LogP contribution < -0.4 is 10.6 Å². The van der Waals surface area contributed by atoms with Crippen molar-refractivity contribution in [2.75, 3.05) is 13.1 Å². The minimum Gasteiger partial charge on any atom is -0.444 e. The second-order valence-corrected chi connectivity index (χ2v) is 9.92. The minimum absolute atomic E-state index is 0.202. The largest absolute Gasteiger partial charge is 0.444 e. The first-order valence-electron chi connectivity index (χ1n) is 12.6. The third-order valence-corrected chi connectivity index (χ3v) is 5.39. The number of hydrogen-bond donors (Lipinski definition) is 2. The molecule has 0 aromatic heterocycles. The van der Waals surface area contributed by atoms with Gasteiger partial charge < -0.3 is 20.3 Å². The van der Waals surface area contributed by atoms with Gasteiger partial charge in [-0.2, -0.15) is 0 Å². The van der Waals surface area contributed by atoms with Gasteiger partial charge in [-0.15, -0.1) is 0 Å². The van der Waals surface area contributed by atoms with Crippen LogP contribution in [-0.4, -0.2) is 47.5 Å². The van der Waals surface area contributed by atoms with Crippen molar-refractivity contribution in [3.8, 4) is 0 Å². The summed E-state index contributed by atoms with van der Waals surface area (Å²) in [5.41, 5.74) is 1.11. The van der Waals surface area contributed by atoms with E-state index < -0.39 is 23.8 Å². The van der Waals surface area contributed by atoms with Crippen LogP contribution in [0.25, 0.3) is 0 Å². The van der Waals surface area contributed by atoms with Crippen LogP contribution in [0.15, 0.2) is 24.3 Å². The molecule has 2 N–H and O–H groups in total. The monoisotopic (exact) mass is 475 g/mol. The van der Waals surface area contributed by atoms with Crippen molar-refractivity contribution >= 4 is 17.9 Å². The highest BCUT2D eigenvalue weighted by atomic mass is 16.6. The molecule has 2 atom stereocenters. The van der Waals surface area contributed by atoms with Crippen LogP contribution in [0.4, 0.5) is 4.79 Å². The van der Waals surface area contributed by atoms with E-state index in [-0.39, 0.29) is 11.8 Å². The summed E-state index contributed by atoms with van der Waals surface area (Å²) in [5.74, 6) is -0.508. The molecule has 0 saturated carbocycles. The Balaban J connectivity index is 3.24. The number of nitrogens with zero attached hydrogens (tertiary/aromatic N) is 1. The zero-order valence-electron chi connectivity index (χ0n) is 22.2. The number of benzene rings is 1. The lowest BCUT2D eigenvalue weighted by atomic mass is 10.0. The summed E-state index contributed by atoms with van der Waals surface area (Å²) in [4.78, 5) is 40.9. The molecule has 34 heavy (non-hydrogen) atoms. The molecule has 1 aromatic carbocycles. The summed E-state index contributed by atoms with van der Waals surface area (Å²) < 4.78 is 5.33. The predicted octanol–water partition coefficient (Wildman–Crippen LogP) is 5.27. The Hall–Kier alpha value is -2.57. The summed E-state index contributed by atoms with van der Waals surface area (Å²) in [5, 5.41) is 5.65. The quantitative estimate of drug-likeness (QED) is 0.380. The van der Waals surface area contributed by atoms with E-state index in [0.29, 0.717) is 13.1 Å². The van der Waals surface area contributed by atoms with Crippen molar-refractivity contribution in [3.63, 3.8) is 0 Å². The normalized spacial score (nSPS) is 13.0. The fourth-order valence-corrected chi connectivity index (χ4v) is 3.67. The van der Waals surface area contributed by atoms with Crippen molar-refractivity contribution in [1.82, 2.24) is 15.5 Å². The Morgan fingerprint density at radius 1 is 1.03 bits per heavy atom. The molecule has 2 unspecified atom stereocenters. The first kappa shape index (κ1) is 29.5. The number of hydrogen-bond acceptors (Lipinski definition) is 4. The van der Waals surface area contributed by atoms with Gasteiger partial charge in [-0.1, -0.05) is 69.4 Å². The van der Waals surface area contributed by atoms with E-state index >= 15 is 0 Å². The molecule has 1 rings (SSSR count). The third-order valence-electron chi connectivity index (χ3n) is 5.39. The van der Waals surface area contributed by atoms with E-state index in [2.05, 4.69) is 24.5 Å².